The summed E-state index contributed by atoms with van der Waals surface area (Å²) in [6.07, 6.45) is 2.13. The van der Waals surface area contributed by atoms with Crippen molar-refractivity contribution in [1.29, 1.82) is 0 Å². The number of nitrogens with zero attached hydrogens (tertiary/aromatic N) is 2. The molecule has 2 N–H and O–H groups in total. The van der Waals surface area contributed by atoms with Gasteiger partial charge in [0.2, 0.25) is 0 Å². The number of aliphatic imine (C=N–C) groups is 1. The average molecular weight is 418 g/mol. The van der Waals surface area contributed by atoms with Crippen molar-refractivity contribution in [3.05, 3.63) is 0 Å². The molecule has 0 amide bonds. The number of halogens is 1. The summed E-state index contributed by atoms with van der Waals surface area (Å²) in [5, 5.41) is 6.67. The maximum atomic E-state index is 5.05. The number of likely N-dealkylation sites (N-methyl/N-ethyl adjacent to an activating group) is 1. The summed E-state index contributed by atoms with van der Waals surface area (Å²) in [7, 11) is 5.62. The largest absolute Gasteiger partial charge is 0.383 e. The quantitative estimate of drug-likeness (QED) is 0.338. The van der Waals surface area contributed by atoms with Gasteiger partial charge in [-0.1, -0.05) is 0 Å². The van der Waals surface area contributed by atoms with Crippen LogP contribution in [0.4, 0.5) is 0 Å². The molecule has 122 valence electrons. The first-order valence-electron chi connectivity index (χ1n) is 6.62. The Bertz CT molecular complexity index is 265. The molecule has 20 heavy (non-hydrogen) atoms. The second-order valence-corrected chi connectivity index (χ2v) is 6.63. The van der Waals surface area contributed by atoms with E-state index in [1.54, 1.807) is 14.2 Å². The van der Waals surface area contributed by atoms with Gasteiger partial charge in [-0.15, -0.1) is 24.0 Å². The molecule has 0 aromatic rings. The number of hydrogen-bond donors (Lipinski definition) is 2. The number of rotatable bonds is 9. The number of nitrogens with one attached hydrogen (secondary N) is 2. The molecular formula is C13H31IN4OS. The van der Waals surface area contributed by atoms with Crippen LogP contribution >= 0.6 is 35.7 Å². The van der Waals surface area contributed by atoms with Crippen molar-refractivity contribution in [3.63, 3.8) is 0 Å². The van der Waals surface area contributed by atoms with Crippen LogP contribution in [0, 0.1) is 0 Å². The number of guanidine groups is 1. The molecule has 0 spiro atoms. The summed E-state index contributed by atoms with van der Waals surface area (Å²) in [6, 6.07) is 0. The topological polar surface area (TPSA) is 48.9 Å². The van der Waals surface area contributed by atoms with Gasteiger partial charge in [0.1, 0.15) is 0 Å². The third-order valence-electron chi connectivity index (χ3n) is 2.92. The molecule has 0 bridgehead atoms. The van der Waals surface area contributed by atoms with E-state index < -0.39 is 0 Å². The van der Waals surface area contributed by atoms with Crippen LogP contribution in [0.1, 0.15) is 13.8 Å². The maximum Gasteiger partial charge on any atom is 0.191 e. The molecule has 0 radical (unpaired) electrons. The molecule has 0 aliphatic carbocycles. The fourth-order valence-corrected chi connectivity index (χ4v) is 1.53. The molecule has 0 saturated carbocycles. The Morgan fingerprint density at radius 3 is 2.45 bits per heavy atom. The highest BCUT2D eigenvalue weighted by Crippen LogP contribution is 2.19. The molecule has 5 nitrogen and oxygen atoms in total. The van der Waals surface area contributed by atoms with E-state index in [0.29, 0.717) is 0 Å². The van der Waals surface area contributed by atoms with Crippen LogP contribution in [-0.2, 0) is 4.74 Å². The van der Waals surface area contributed by atoms with E-state index in [1.807, 2.05) is 11.8 Å². The SMILES string of the molecule is CN=C(NCCN(C)CCOC)NCC(C)(C)SC.I. The normalized spacial score (nSPS) is 12.2. The third kappa shape index (κ3) is 12.0. The van der Waals surface area contributed by atoms with Gasteiger partial charge in [-0.2, -0.15) is 11.8 Å². The van der Waals surface area contributed by atoms with E-state index in [-0.39, 0.29) is 28.7 Å². The van der Waals surface area contributed by atoms with Gasteiger partial charge in [0.25, 0.3) is 0 Å². The van der Waals surface area contributed by atoms with Crippen LogP contribution in [0.2, 0.25) is 0 Å². The van der Waals surface area contributed by atoms with E-state index >= 15 is 0 Å². The van der Waals surface area contributed by atoms with Crippen molar-refractivity contribution < 1.29 is 4.74 Å². The lowest BCUT2D eigenvalue weighted by Crippen LogP contribution is -2.45. The first-order valence-corrected chi connectivity index (χ1v) is 7.85. The fraction of sp³-hybridized carbons (Fsp3) is 0.923. The highest BCUT2D eigenvalue weighted by molar-refractivity contribution is 14.0. The minimum atomic E-state index is 0. The van der Waals surface area contributed by atoms with Crippen LogP contribution < -0.4 is 10.6 Å². The molecule has 0 saturated heterocycles. The lowest BCUT2D eigenvalue weighted by Gasteiger charge is -2.24. The Labute approximate surface area is 145 Å². The van der Waals surface area contributed by atoms with Crippen LogP contribution in [0.15, 0.2) is 4.99 Å². The molecule has 0 fully saturated rings. The number of methoxy groups -OCH3 is 1. The second kappa shape index (κ2) is 13.0. The van der Waals surface area contributed by atoms with Crippen LogP contribution in [-0.4, -0.2) is 75.9 Å². The zero-order valence-corrected chi connectivity index (χ0v) is 16.8. The molecule has 0 heterocycles. The highest BCUT2D eigenvalue weighted by Gasteiger charge is 2.15. The number of hydrogen-bond acceptors (Lipinski definition) is 4. The van der Waals surface area contributed by atoms with Gasteiger partial charge < -0.3 is 20.3 Å². The Kier molecular flexibility index (Phi) is 14.6. The van der Waals surface area contributed by atoms with Gasteiger partial charge in [-0.25, -0.2) is 0 Å². The molecular weight excluding hydrogens is 387 g/mol. The van der Waals surface area contributed by atoms with Crippen LogP contribution in [0.25, 0.3) is 0 Å². The van der Waals surface area contributed by atoms with Crippen molar-refractivity contribution in [2.24, 2.45) is 4.99 Å². The van der Waals surface area contributed by atoms with E-state index in [2.05, 4.69) is 47.7 Å². The second-order valence-electron chi connectivity index (χ2n) is 5.11. The monoisotopic (exact) mass is 418 g/mol. The summed E-state index contributed by atoms with van der Waals surface area (Å²) in [5.74, 6) is 0.863. The van der Waals surface area contributed by atoms with Crippen molar-refractivity contribution >= 4 is 41.7 Å². The number of thioether (sulfide) groups is 1. The van der Waals surface area contributed by atoms with E-state index in [4.69, 9.17) is 4.74 Å². The molecule has 0 aromatic carbocycles. The minimum absolute atomic E-state index is 0. The molecule has 7 heteroatoms. The third-order valence-corrected chi connectivity index (χ3v) is 4.17. The summed E-state index contributed by atoms with van der Waals surface area (Å²) in [4.78, 5) is 6.46. The van der Waals surface area contributed by atoms with E-state index in [0.717, 1.165) is 38.7 Å². The van der Waals surface area contributed by atoms with Gasteiger partial charge in [0.05, 0.1) is 6.61 Å². The maximum absolute atomic E-state index is 5.05. The molecule has 0 aliphatic heterocycles. The molecule has 0 aliphatic rings. The Morgan fingerprint density at radius 1 is 1.30 bits per heavy atom. The Morgan fingerprint density at radius 2 is 1.95 bits per heavy atom. The zero-order chi connectivity index (χ0) is 14.7. The predicted molar refractivity (Wildman–Crippen MR) is 102 cm³/mol. The van der Waals surface area contributed by atoms with E-state index in [1.165, 1.54) is 0 Å². The van der Waals surface area contributed by atoms with Gasteiger partial charge in [-0.3, -0.25) is 4.99 Å². The van der Waals surface area contributed by atoms with Gasteiger partial charge in [-0.05, 0) is 27.2 Å². The highest BCUT2D eigenvalue weighted by atomic mass is 127. The van der Waals surface area contributed by atoms with Gasteiger partial charge >= 0.3 is 0 Å². The minimum Gasteiger partial charge on any atom is -0.383 e. The lowest BCUT2D eigenvalue weighted by atomic mass is 10.2. The molecule has 0 atom stereocenters. The van der Waals surface area contributed by atoms with Gasteiger partial charge in [0, 0.05) is 45.1 Å². The van der Waals surface area contributed by atoms with Crippen LogP contribution in [0.5, 0.6) is 0 Å². The Hall–Kier alpha value is 0.270. The standard InChI is InChI=1S/C13H30N4OS.HI/c1-13(2,19-6)11-16-12(14-3)15-7-8-17(4)9-10-18-5;/h7-11H2,1-6H3,(H2,14,15,16);1H. The fourth-order valence-electron chi connectivity index (χ4n) is 1.31. The zero-order valence-electron chi connectivity index (χ0n) is 13.7. The number of ether oxygens (including phenoxy) is 1. The van der Waals surface area contributed by atoms with Crippen LogP contribution in [0.3, 0.4) is 0 Å². The van der Waals surface area contributed by atoms with Crippen molar-refractivity contribution in [2.45, 2.75) is 18.6 Å². The van der Waals surface area contributed by atoms with Gasteiger partial charge in [0.15, 0.2) is 5.96 Å². The van der Waals surface area contributed by atoms with Crippen molar-refractivity contribution in [1.82, 2.24) is 15.5 Å². The first-order chi connectivity index (χ1) is 8.95. The molecule has 0 aromatic heterocycles. The lowest BCUT2D eigenvalue weighted by molar-refractivity contribution is 0.162. The van der Waals surface area contributed by atoms with Crippen molar-refractivity contribution in [2.75, 3.05) is 60.2 Å². The summed E-state index contributed by atoms with van der Waals surface area (Å²) in [5.41, 5.74) is 0. The van der Waals surface area contributed by atoms with Crippen molar-refractivity contribution in [3.8, 4) is 0 Å². The summed E-state index contributed by atoms with van der Waals surface area (Å²) >= 11 is 1.85. The smallest absolute Gasteiger partial charge is 0.191 e. The molecule has 0 unspecified atom stereocenters. The predicted octanol–water partition coefficient (Wildman–Crippen LogP) is 1.49. The first kappa shape index (κ1) is 22.5. The summed E-state index contributed by atoms with van der Waals surface area (Å²) < 4.78 is 5.26. The molecule has 0 rings (SSSR count). The summed E-state index contributed by atoms with van der Waals surface area (Å²) in [6.45, 7) is 8.89. The Balaban J connectivity index is 0. The van der Waals surface area contributed by atoms with E-state index in [9.17, 15) is 0 Å². The average Bonchev–Trinajstić information content (AvgIpc) is 2.40.